The molecule has 0 aliphatic rings. The van der Waals surface area contributed by atoms with Gasteiger partial charge in [-0.2, -0.15) is 4.98 Å². The van der Waals surface area contributed by atoms with Gasteiger partial charge in [-0.3, -0.25) is 4.79 Å². The summed E-state index contributed by atoms with van der Waals surface area (Å²) in [6, 6.07) is 3.17. The maximum Gasteiger partial charge on any atom is 0.258 e. The van der Waals surface area contributed by atoms with Gasteiger partial charge in [-0.15, -0.1) is 0 Å². The van der Waals surface area contributed by atoms with Crippen LogP contribution in [0.25, 0.3) is 11.5 Å². The molecule has 0 saturated carbocycles. The minimum atomic E-state index is -0.855. The Hall–Kier alpha value is -1.99. The third-order valence-corrected chi connectivity index (χ3v) is 3.00. The first kappa shape index (κ1) is 15.4. The van der Waals surface area contributed by atoms with Crippen LogP contribution >= 0.6 is 0 Å². The van der Waals surface area contributed by atoms with Crippen LogP contribution in [0.5, 0.6) is 0 Å². The van der Waals surface area contributed by atoms with E-state index in [0.717, 1.165) is 0 Å². The van der Waals surface area contributed by atoms with Gasteiger partial charge in [0.25, 0.3) is 11.4 Å². The van der Waals surface area contributed by atoms with E-state index in [9.17, 15) is 4.79 Å². The van der Waals surface area contributed by atoms with Crippen LogP contribution < -0.4 is 11.3 Å². The summed E-state index contributed by atoms with van der Waals surface area (Å²) in [7, 11) is 1.67. The van der Waals surface area contributed by atoms with Crippen molar-refractivity contribution in [2.24, 2.45) is 12.8 Å². The molecule has 2 aromatic rings. The minimum absolute atomic E-state index is 0.0661. The Labute approximate surface area is 122 Å². The van der Waals surface area contributed by atoms with Gasteiger partial charge in [-0.25, -0.2) is 0 Å². The van der Waals surface area contributed by atoms with Gasteiger partial charge >= 0.3 is 0 Å². The van der Waals surface area contributed by atoms with Crippen molar-refractivity contribution >= 4 is 0 Å². The predicted molar refractivity (Wildman–Crippen MR) is 77.6 cm³/mol. The van der Waals surface area contributed by atoms with Crippen molar-refractivity contribution in [1.29, 1.82) is 0 Å². The first-order valence-electron chi connectivity index (χ1n) is 6.71. The normalized spacial score (nSPS) is 14.4. The van der Waals surface area contributed by atoms with Gasteiger partial charge in [-0.1, -0.05) is 5.16 Å². The van der Waals surface area contributed by atoms with Gasteiger partial charge in [0.15, 0.2) is 5.82 Å². The topological polar surface area (TPSA) is 96.2 Å². The molecule has 21 heavy (non-hydrogen) atoms. The van der Waals surface area contributed by atoms with Gasteiger partial charge in [0.2, 0.25) is 0 Å². The lowest BCUT2D eigenvalue weighted by Crippen LogP contribution is -2.40. The molecule has 0 bridgehead atoms. The van der Waals surface area contributed by atoms with Crippen molar-refractivity contribution in [2.75, 3.05) is 6.61 Å². The Kier molecular flexibility index (Phi) is 4.24. The molecule has 0 spiro atoms. The Morgan fingerprint density at radius 2 is 2.24 bits per heavy atom. The Morgan fingerprint density at radius 1 is 1.52 bits per heavy atom. The third kappa shape index (κ3) is 3.56. The molecule has 0 aliphatic carbocycles. The number of hydrogen-bond acceptors (Lipinski definition) is 6. The fraction of sp³-hybridized carbons (Fsp3) is 0.500. The minimum Gasteiger partial charge on any atom is -0.376 e. The van der Waals surface area contributed by atoms with Crippen molar-refractivity contribution in [3.05, 3.63) is 34.5 Å². The third-order valence-electron chi connectivity index (χ3n) is 3.00. The highest BCUT2D eigenvalue weighted by Gasteiger charge is 2.28. The lowest BCUT2D eigenvalue weighted by molar-refractivity contribution is 0.0410. The average Bonchev–Trinajstić information content (AvgIpc) is 2.90. The number of nitrogens with zero attached hydrogens (tertiary/aromatic N) is 3. The number of hydrogen-bond donors (Lipinski definition) is 1. The standard InChI is InChI=1S/C14H20N4O3/c1-9(2)20-8-14(3,15)13-16-12(21-17-13)10-5-6-18(4)11(19)7-10/h5-7,9H,8,15H2,1-4H3. The number of rotatable bonds is 5. The van der Waals surface area contributed by atoms with Gasteiger partial charge in [0, 0.05) is 24.9 Å². The molecule has 0 amide bonds. The molecule has 0 fully saturated rings. The van der Waals surface area contributed by atoms with E-state index in [1.54, 1.807) is 26.2 Å². The molecule has 2 N–H and O–H groups in total. The zero-order chi connectivity index (χ0) is 15.6. The fourth-order valence-electron chi connectivity index (χ4n) is 1.66. The molecular formula is C14H20N4O3. The summed E-state index contributed by atoms with van der Waals surface area (Å²) >= 11 is 0. The molecule has 2 heterocycles. The van der Waals surface area contributed by atoms with Gasteiger partial charge in [0.1, 0.15) is 5.54 Å². The van der Waals surface area contributed by atoms with Gasteiger partial charge in [-0.05, 0) is 26.8 Å². The number of ether oxygens (including phenoxy) is 1. The van der Waals surface area contributed by atoms with E-state index in [1.807, 2.05) is 13.8 Å². The second-order valence-corrected chi connectivity index (χ2v) is 5.56. The molecule has 0 radical (unpaired) electrons. The summed E-state index contributed by atoms with van der Waals surface area (Å²) in [5.41, 5.74) is 5.72. The van der Waals surface area contributed by atoms with Crippen molar-refractivity contribution in [3.63, 3.8) is 0 Å². The van der Waals surface area contributed by atoms with Crippen LogP contribution in [0.15, 0.2) is 27.6 Å². The molecule has 0 aliphatic heterocycles. The highest BCUT2D eigenvalue weighted by atomic mass is 16.5. The van der Waals surface area contributed by atoms with E-state index in [1.165, 1.54) is 10.6 Å². The van der Waals surface area contributed by atoms with Crippen LogP contribution in [-0.4, -0.2) is 27.4 Å². The molecule has 0 aromatic carbocycles. The number of nitrogens with two attached hydrogens (primary N) is 1. The SMILES string of the molecule is CC(C)OCC(C)(N)c1noc(-c2ccn(C)c(=O)c2)n1. The zero-order valence-corrected chi connectivity index (χ0v) is 12.7. The van der Waals surface area contributed by atoms with Crippen molar-refractivity contribution in [2.45, 2.75) is 32.4 Å². The monoisotopic (exact) mass is 292 g/mol. The van der Waals surface area contributed by atoms with E-state index >= 15 is 0 Å². The predicted octanol–water partition coefficient (Wildman–Crippen LogP) is 1.03. The quantitative estimate of drug-likeness (QED) is 0.884. The molecule has 1 unspecified atom stereocenters. The zero-order valence-electron chi connectivity index (χ0n) is 12.7. The maximum absolute atomic E-state index is 11.6. The molecule has 114 valence electrons. The summed E-state index contributed by atoms with van der Waals surface area (Å²) in [4.78, 5) is 15.9. The van der Waals surface area contributed by atoms with Crippen molar-refractivity contribution in [3.8, 4) is 11.5 Å². The lowest BCUT2D eigenvalue weighted by atomic mass is 10.1. The first-order valence-corrected chi connectivity index (χ1v) is 6.71. The van der Waals surface area contributed by atoms with Crippen LogP contribution in [0.4, 0.5) is 0 Å². The first-order chi connectivity index (χ1) is 9.79. The highest BCUT2D eigenvalue weighted by Crippen LogP contribution is 2.20. The van der Waals surface area contributed by atoms with Gasteiger partial charge < -0.3 is 19.6 Å². The van der Waals surface area contributed by atoms with E-state index in [4.69, 9.17) is 15.0 Å². The van der Waals surface area contributed by atoms with Crippen LogP contribution in [0.2, 0.25) is 0 Å². The maximum atomic E-state index is 11.6. The second kappa shape index (κ2) is 5.79. The summed E-state index contributed by atoms with van der Waals surface area (Å²) in [6.45, 7) is 5.91. The van der Waals surface area contributed by atoms with E-state index in [0.29, 0.717) is 11.4 Å². The number of aromatic nitrogens is 3. The molecule has 7 nitrogen and oxygen atoms in total. The molecule has 2 aromatic heterocycles. The van der Waals surface area contributed by atoms with E-state index < -0.39 is 5.54 Å². The van der Waals surface area contributed by atoms with E-state index in [-0.39, 0.29) is 24.2 Å². The number of aryl methyl sites for hydroxylation is 1. The van der Waals surface area contributed by atoms with Crippen LogP contribution in [0.3, 0.4) is 0 Å². The molecular weight excluding hydrogens is 272 g/mol. The second-order valence-electron chi connectivity index (χ2n) is 5.56. The van der Waals surface area contributed by atoms with Crippen molar-refractivity contribution < 1.29 is 9.26 Å². The molecule has 0 saturated heterocycles. The summed E-state index contributed by atoms with van der Waals surface area (Å²) < 4.78 is 12.2. The molecule has 2 rings (SSSR count). The van der Waals surface area contributed by atoms with Gasteiger partial charge in [0.05, 0.1) is 12.7 Å². The Morgan fingerprint density at radius 3 is 2.86 bits per heavy atom. The molecule has 1 atom stereocenters. The molecule has 7 heteroatoms. The largest absolute Gasteiger partial charge is 0.376 e. The highest BCUT2D eigenvalue weighted by molar-refractivity contribution is 5.51. The summed E-state index contributed by atoms with van der Waals surface area (Å²) in [5.74, 6) is 0.614. The number of pyridine rings is 1. The smallest absolute Gasteiger partial charge is 0.258 e. The summed E-state index contributed by atoms with van der Waals surface area (Å²) in [6.07, 6.45) is 1.71. The fourth-order valence-corrected chi connectivity index (χ4v) is 1.66. The lowest BCUT2D eigenvalue weighted by Gasteiger charge is -2.21. The average molecular weight is 292 g/mol. The summed E-state index contributed by atoms with van der Waals surface area (Å²) in [5, 5.41) is 3.89. The van der Waals surface area contributed by atoms with Crippen LogP contribution in [-0.2, 0) is 17.3 Å². The van der Waals surface area contributed by atoms with Crippen LogP contribution in [0, 0.1) is 0 Å². The van der Waals surface area contributed by atoms with Crippen molar-refractivity contribution in [1.82, 2.24) is 14.7 Å². The Bertz CT molecular complexity index is 673. The van der Waals surface area contributed by atoms with E-state index in [2.05, 4.69) is 10.1 Å². The Balaban J connectivity index is 2.24. The van der Waals surface area contributed by atoms with Crippen LogP contribution in [0.1, 0.15) is 26.6 Å².